The number of carbonyl (C=O) groups is 1. The third kappa shape index (κ3) is 3.52. The maximum Gasteiger partial charge on any atom is 0.249 e. The van der Waals surface area contributed by atoms with Crippen molar-refractivity contribution in [3.8, 4) is 0 Å². The molecule has 2 aliphatic rings. The van der Waals surface area contributed by atoms with Gasteiger partial charge in [0.15, 0.2) is 0 Å². The number of hydrogen-bond donors (Lipinski definition) is 2. The Morgan fingerprint density at radius 1 is 1.26 bits per heavy atom. The first kappa shape index (κ1) is 18.2. The molecule has 0 aliphatic carbocycles. The lowest BCUT2D eigenvalue weighted by Gasteiger charge is -2.24. The summed E-state index contributed by atoms with van der Waals surface area (Å²) < 4.78 is 27.2. The van der Waals surface area contributed by atoms with Crippen LogP contribution >= 0.6 is 12.4 Å². The van der Waals surface area contributed by atoms with Gasteiger partial charge in [-0.1, -0.05) is 6.07 Å². The molecule has 1 aromatic rings. The van der Waals surface area contributed by atoms with Gasteiger partial charge in [0.2, 0.25) is 15.9 Å². The van der Waals surface area contributed by atoms with Gasteiger partial charge in [0.1, 0.15) is 0 Å². The lowest BCUT2D eigenvalue weighted by Crippen LogP contribution is -2.39. The van der Waals surface area contributed by atoms with Gasteiger partial charge in [-0.25, -0.2) is 8.42 Å². The van der Waals surface area contributed by atoms with Crippen LogP contribution in [0.15, 0.2) is 23.1 Å². The molecule has 0 aromatic heterocycles. The lowest BCUT2D eigenvalue weighted by atomic mass is 10.1. The molecule has 2 bridgehead atoms. The number of amides is 1. The van der Waals surface area contributed by atoms with E-state index in [1.54, 1.807) is 19.1 Å². The largest absolute Gasteiger partial charge is 0.366 e. The summed E-state index contributed by atoms with van der Waals surface area (Å²) in [7, 11) is -3.60. The first-order valence-electron chi connectivity index (χ1n) is 7.54. The SMILES string of the molecule is Cc1ccc(S(=O)(=O)N2CCC3CCC(C2)N3)cc1C(N)=O.Cl. The second-order valence-electron chi connectivity index (χ2n) is 6.13. The second kappa shape index (κ2) is 6.76. The summed E-state index contributed by atoms with van der Waals surface area (Å²) in [6, 6.07) is 5.22. The molecular weight excluding hydrogens is 338 g/mol. The minimum Gasteiger partial charge on any atom is -0.366 e. The van der Waals surface area contributed by atoms with Crippen molar-refractivity contribution >= 4 is 28.3 Å². The Morgan fingerprint density at radius 2 is 1.96 bits per heavy atom. The van der Waals surface area contributed by atoms with Crippen molar-refractivity contribution in [2.24, 2.45) is 5.73 Å². The minimum atomic E-state index is -3.60. The molecule has 2 fully saturated rings. The van der Waals surface area contributed by atoms with E-state index in [4.69, 9.17) is 5.73 Å². The van der Waals surface area contributed by atoms with Crippen molar-refractivity contribution < 1.29 is 13.2 Å². The number of hydrogen-bond acceptors (Lipinski definition) is 4. The maximum absolute atomic E-state index is 12.8. The molecule has 8 heteroatoms. The van der Waals surface area contributed by atoms with Crippen molar-refractivity contribution in [1.82, 2.24) is 9.62 Å². The van der Waals surface area contributed by atoms with Crippen molar-refractivity contribution in [1.29, 1.82) is 0 Å². The third-order valence-electron chi connectivity index (χ3n) is 4.60. The van der Waals surface area contributed by atoms with Crippen molar-refractivity contribution in [2.45, 2.75) is 43.2 Å². The number of benzene rings is 1. The first-order valence-corrected chi connectivity index (χ1v) is 8.98. The summed E-state index contributed by atoms with van der Waals surface area (Å²) in [5, 5.41) is 3.46. The number of sulfonamides is 1. The molecule has 3 N–H and O–H groups in total. The van der Waals surface area contributed by atoms with Crippen LogP contribution in [0, 0.1) is 6.92 Å². The number of primary amides is 1. The smallest absolute Gasteiger partial charge is 0.249 e. The number of nitrogens with one attached hydrogen (secondary N) is 1. The van der Waals surface area contributed by atoms with E-state index < -0.39 is 15.9 Å². The number of fused-ring (bicyclic) bond motifs is 2. The summed E-state index contributed by atoms with van der Waals surface area (Å²) in [5.41, 5.74) is 6.27. The van der Waals surface area contributed by atoms with Crippen LogP contribution in [0.5, 0.6) is 0 Å². The summed E-state index contributed by atoms with van der Waals surface area (Å²) >= 11 is 0. The van der Waals surface area contributed by atoms with Crippen LogP contribution in [0.25, 0.3) is 0 Å². The highest BCUT2D eigenvalue weighted by atomic mass is 35.5. The van der Waals surface area contributed by atoms with E-state index in [2.05, 4.69) is 5.32 Å². The van der Waals surface area contributed by atoms with Crippen LogP contribution < -0.4 is 11.1 Å². The van der Waals surface area contributed by atoms with E-state index in [9.17, 15) is 13.2 Å². The van der Waals surface area contributed by atoms with Crippen molar-refractivity contribution in [3.63, 3.8) is 0 Å². The molecule has 128 valence electrons. The Kier molecular flexibility index (Phi) is 5.35. The van der Waals surface area contributed by atoms with Gasteiger partial charge < -0.3 is 11.1 Å². The fourth-order valence-electron chi connectivity index (χ4n) is 3.31. The first-order chi connectivity index (χ1) is 10.4. The Bertz CT molecular complexity index is 708. The fourth-order valence-corrected chi connectivity index (χ4v) is 4.83. The van der Waals surface area contributed by atoms with Crippen LogP contribution in [0.4, 0.5) is 0 Å². The van der Waals surface area contributed by atoms with Gasteiger partial charge in [0.05, 0.1) is 4.90 Å². The Hall–Kier alpha value is -1.15. The van der Waals surface area contributed by atoms with Gasteiger partial charge in [-0.2, -0.15) is 4.31 Å². The van der Waals surface area contributed by atoms with E-state index in [1.165, 1.54) is 10.4 Å². The molecule has 23 heavy (non-hydrogen) atoms. The molecule has 0 spiro atoms. The zero-order valence-corrected chi connectivity index (χ0v) is 14.6. The molecule has 1 aromatic carbocycles. The third-order valence-corrected chi connectivity index (χ3v) is 6.46. The van der Waals surface area contributed by atoms with E-state index >= 15 is 0 Å². The van der Waals surface area contributed by atoms with Gasteiger partial charge in [-0.05, 0) is 43.9 Å². The fraction of sp³-hybridized carbons (Fsp3) is 0.533. The summed E-state index contributed by atoms with van der Waals surface area (Å²) in [5.74, 6) is -0.605. The second-order valence-corrected chi connectivity index (χ2v) is 8.07. The Labute approximate surface area is 142 Å². The molecule has 0 radical (unpaired) electrons. The molecule has 1 amide bonds. The molecule has 6 nitrogen and oxygen atoms in total. The van der Waals surface area contributed by atoms with E-state index in [1.807, 2.05) is 0 Å². The molecule has 2 heterocycles. The monoisotopic (exact) mass is 359 g/mol. The molecule has 2 saturated heterocycles. The van der Waals surface area contributed by atoms with Gasteiger partial charge in [0.25, 0.3) is 0 Å². The molecule has 3 rings (SSSR count). The van der Waals surface area contributed by atoms with Crippen LogP contribution in [0.2, 0.25) is 0 Å². The highest BCUT2D eigenvalue weighted by Gasteiger charge is 2.35. The topological polar surface area (TPSA) is 92.5 Å². The number of nitrogens with zero attached hydrogens (tertiary/aromatic N) is 1. The molecule has 0 saturated carbocycles. The average Bonchev–Trinajstić information content (AvgIpc) is 2.77. The normalized spacial score (nSPS) is 24.7. The van der Waals surface area contributed by atoms with Gasteiger partial charge in [0, 0.05) is 30.7 Å². The van der Waals surface area contributed by atoms with Crippen molar-refractivity contribution in [2.75, 3.05) is 13.1 Å². The maximum atomic E-state index is 12.8. The number of rotatable bonds is 3. The van der Waals surface area contributed by atoms with Gasteiger partial charge in [-0.15, -0.1) is 12.4 Å². The van der Waals surface area contributed by atoms with E-state index in [0.29, 0.717) is 24.7 Å². The summed E-state index contributed by atoms with van der Waals surface area (Å²) in [6.45, 7) is 2.74. The minimum absolute atomic E-state index is 0. The molecular formula is C15H22ClN3O3S. The van der Waals surface area contributed by atoms with Gasteiger partial charge >= 0.3 is 0 Å². The van der Waals surface area contributed by atoms with E-state index in [-0.39, 0.29) is 28.9 Å². The van der Waals surface area contributed by atoms with Crippen molar-refractivity contribution in [3.05, 3.63) is 29.3 Å². The van der Waals surface area contributed by atoms with Crippen LogP contribution in [0.3, 0.4) is 0 Å². The van der Waals surface area contributed by atoms with Crippen LogP contribution in [-0.4, -0.2) is 43.8 Å². The summed E-state index contributed by atoms with van der Waals surface area (Å²) in [4.78, 5) is 11.6. The Balaban J connectivity index is 0.00000192. The highest BCUT2D eigenvalue weighted by Crippen LogP contribution is 2.26. The molecule has 2 atom stereocenters. The predicted molar refractivity (Wildman–Crippen MR) is 90.3 cm³/mol. The molecule has 2 unspecified atom stereocenters. The number of halogens is 1. The lowest BCUT2D eigenvalue weighted by molar-refractivity contribution is 0.0999. The summed E-state index contributed by atoms with van der Waals surface area (Å²) in [6.07, 6.45) is 2.95. The quantitative estimate of drug-likeness (QED) is 0.843. The average molecular weight is 360 g/mol. The number of carbonyl (C=O) groups excluding carboxylic acids is 1. The van der Waals surface area contributed by atoms with Crippen LogP contribution in [0.1, 0.15) is 35.2 Å². The zero-order valence-electron chi connectivity index (χ0n) is 13.0. The standard InChI is InChI=1S/C15H21N3O3S.ClH/c1-10-2-5-13(8-14(10)15(16)19)22(20,21)18-7-6-11-3-4-12(9-18)17-11;/h2,5,8,11-12,17H,3-4,6-7,9H2,1H3,(H2,16,19);1H. The number of nitrogens with two attached hydrogens (primary N) is 1. The Morgan fingerprint density at radius 3 is 2.65 bits per heavy atom. The predicted octanol–water partition coefficient (Wildman–Crippen LogP) is 1.03. The van der Waals surface area contributed by atoms with Gasteiger partial charge in [-0.3, -0.25) is 4.79 Å². The zero-order chi connectivity index (χ0) is 15.9. The number of aryl methyl sites for hydroxylation is 1. The van der Waals surface area contributed by atoms with E-state index in [0.717, 1.165) is 19.3 Å². The molecule has 2 aliphatic heterocycles. The van der Waals surface area contributed by atoms with Crippen LogP contribution in [-0.2, 0) is 10.0 Å². The highest BCUT2D eigenvalue weighted by molar-refractivity contribution is 7.89.